The third-order valence-electron chi connectivity index (χ3n) is 6.79. The molecule has 0 saturated carbocycles. The molecule has 0 aliphatic carbocycles. The number of alkyl halides is 3. The topological polar surface area (TPSA) is 105 Å². The Kier molecular flexibility index (Phi) is 4.67. The van der Waals surface area contributed by atoms with E-state index in [1.54, 1.807) is 19.1 Å². The van der Waals surface area contributed by atoms with E-state index in [4.69, 9.17) is 4.52 Å². The van der Waals surface area contributed by atoms with Crippen molar-refractivity contribution in [3.8, 4) is 22.5 Å². The molecule has 8 nitrogen and oxygen atoms in total. The molecule has 0 spiro atoms. The molecule has 34 heavy (non-hydrogen) atoms. The second-order valence-electron chi connectivity index (χ2n) is 8.98. The van der Waals surface area contributed by atoms with E-state index in [9.17, 15) is 13.2 Å². The molecule has 11 heteroatoms. The number of nitrogens with zero attached hydrogens (tertiary/aromatic N) is 4. The standard InChI is InChI=1S/C23H22F3N7O/c1-10-19(11(2)34-33-10)17-6-4-13-14(8-27-21(13)30-17)20-15(23(24,25)26)9-28-22(32-20)31-18-7-12-3-5-16(18)29-12/h4,6,8-9,12,16,18,29H,3,5,7H2,1-2H3,(H,27,30)(H,28,31,32)/t12-,16+,18+/m1/s1. The Labute approximate surface area is 192 Å². The molecule has 4 aromatic heterocycles. The second kappa shape index (κ2) is 7.52. The number of hydrogen-bond donors (Lipinski definition) is 3. The minimum absolute atomic E-state index is 0.102. The maximum absolute atomic E-state index is 13.9. The van der Waals surface area contributed by atoms with Crippen LogP contribution in [0.3, 0.4) is 0 Å². The number of rotatable bonds is 4. The number of hydrogen-bond acceptors (Lipinski definition) is 7. The molecule has 2 saturated heterocycles. The number of H-pyrrole nitrogens is 1. The molecule has 0 unspecified atom stereocenters. The first-order chi connectivity index (χ1) is 16.3. The normalized spacial score (nSPS) is 22.1. The molecule has 4 aromatic rings. The highest BCUT2D eigenvalue weighted by molar-refractivity contribution is 5.94. The molecular formula is C23H22F3N7O. The van der Waals surface area contributed by atoms with Crippen molar-refractivity contribution in [2.75, 3.05) is 5.32 Å². The maximum Gasteiger partial charge on any atom is 0.419 e. The summed E-state index contributed by atoms with van der Waals surface area (Å²) in [5.74, 6) is 0.814. The predicted octanol–water partition coefficient (Wildman–Crippen LogP) is 4.62. The number of fused-ring (bicyclic) bond motifs is 3. The predicted molar refractivity (Wildman–Crippen MR) is 119 cm³/mol. The van der Waals surface area contributed by atoms with Crippen LogP contribution in [-0.2, 0) is 6.18 Å². The van der Waals surface area contributed by atoms with Crippen molar-refractivity contribution in [3.05, 3.63) is 41.5 Å². The minimum atomic E-state index is -4.60. The van der Waals surface area contributed by atoms with Crippen LogP contribution in [0.15, 0.2) is 29.0 Å². The van der Waals surface area contributed by atoms with Gasteiger partial charge in [0.05, 0.1) is 22.6 Å². The smallest absolute Gasteiger partial charge is 0.361 e. The lowest BCUT2D eigenvalue weighted by molar-refractivity contribution is -0.137. The molecule has 3 N–H and O–H groups in total. The number of aromatic nitrogens is 5. The number of aromatic amines is 1. The van der Waals surface area contributed by atoms with Gasteiger partial charge < -0.3 is 20.1 Å². The van der Waals surface area contributed by atoms with Gasteiger partial charge in [0.1, 0.15) is 17.0 Å². The van der Waals surface area contributed by atoms with Crippen LogP contribution in [0.1, 0.15) is 36.3 Å². The van der Waals surface area contributed by atoms with Gasteiger partial charge in [-0.1, -0.05) is 5.16 Å². The van der Waals surface area contributed by atoms with Crippen LogP contribution in [-0.4, -0.2) is 43.2 Å². The van der Waals surface area contributed by atoms with Crippen LogP contribution in [0.4, 0.5) is 19.1 Å². The highest BCUT2D eigenvalue weighted by atomic mass is 19.4. The number of aryl methyl sites for hydroxylation is 2. The van der Waals surface area contributed by atoms with Crippen LogP contribution in [0.2, 0.25) is 0 Å². The maximum atomic E-state index is 13.9. The van der Waals surface area contributed by atoms with E-state index < -0.39 is 11.7 Å². The summed E-state index contributed by atoms with van der Waals surface area (Å²) < 4.78 is 46.9. The van der Waals surface area contributed by atoms with E-state index in [1.165, 1.54) is 6.20 Å². The zero-order chi connectivity index (χ0) is 23.6. The Balaban J connectivity index is 1.41. The lowest BCUT2D eigenvalue weighted by Gasteiger charge is -2.22. The molecule has 2 fully saturated rings. The molecule has 2 bridgehead atoms. The Bertz CT molecular complexity index is 1370. The molecule has 6 rings (SSSR count). The monoisotopic (exact) mass is 469 g/mol. The summed E-state index contributed by atoms with van der Waals surface area (Å²) in [6, 6.07) is 4.33. The van der Waals surface area contributed by atoms with E-state index in [-0.39, 0.29) is 17.7 Å². The summed E-state index contributed by atoms with van der Waals surface area (Å²) >= 11 is 0. The van der Waals surface area contributed by atoms with Crippen molar-refractivity contribution in [2.45, 2.75) is 57.4 Å². The van der Waals surface area contributed by atoms with E-state index in [0.717, 1.165) is 31.0 Å². The summed E-state index contributed by atoms with van der Waals surface area (Å²) in [6.07, 6.45) is 0.837. The van der Waals surface area contributed by atoms with Gasteiger partial charge in [-0.25, -0.2) is 15.0 Å². The van der Waals surface area contributed by atoms with E-state index in [2.05, 4.69) is 35.7 Å². The molecule has 0 amide bonds. The van der Waals surface area contributed by atoms with E-state index in [0.29, 0.717) is 45.8 Å². The zero-order valence-electron chi connectivity index (χ0n) is 18.5. The molecular weight excluding hydrogens is 447 g/mol. The fraction of sp³-hybridized carbons (Fsp3) is 0.391. The molecule has 6 heterocycles. The molecule has 176 valence electrons. The highest BCUT2D eigenvalue weighted by Crippen LogP contribution is 2.39. The van der Waals surface area contributed by atoms with Gasteiger partial charge in [0.25, 0.3) is 0 Å². The second-order valence-corrected chi connectivity index (χ2v) is 8.98. The van der Waals surface area contributed by atoms with Gasteiger partial charge in [-0.05, 0) is 45.2 Å². The summed E-state index contributed by atoms with van der Waals surface area (Å²) in [5.41, 5.74) is 1.78. The lowest BCUT2D eigenvalue weighted by atomic mass is 9.96. The molecule has 0 radical (unpaired) electrons. The Morgan fingerprint density at radius 2 is 2.00 bits per heavy atom. The number of nitrogens with one attached hydrogen (secondary N) is 3. The SMILES string of the molecule is Cc1noc(C)c1-c1ccc2c(-c3nc(N[C@H]4C[C@H]5CC[C@@H]4N5)ncc3C(F)(F)F)c[nH]c2n1. The highest BCUT2D eigenvalue weighted by Gasteiger charge is 2.40. The largest absolute Gasteiger partial charge is 0.419 e. The fourth-order valence-corrected chi connectivity index (χ4v) is 5.20. The first-order valence-corrected chi connectivity index (χ1v) is 11.2. The Morgan fingerprint density at radius 3 is 2.68 bits per heavy atom. The third kappa shape index (κ3) is 3.42. The van der Waals surface area contributed by atoms with Crippen molar-refractivity contribution < 1.29 is 17.7 Å². The van der Waals surface area contributed by atoms with Crippen molar-refractivity contribution in [1.82, 2.24) is 30.4 Å². The molecule has 3 atom stereocenters. The third-order valence-corrected chi connectivity index (χ3v) is 6.79. The van der Waals surface area contributed by atoms with Gasteiger partial charge in [0, 0.05) is 41.5 Å². The van der Waals surface area contributed by atoms with E-state index in [1.807, 2.05) is 6.92 Å². The van der Waals surface area contributed by atoms with Crippen LogP contribution in [0.25, 0.3) is 33.5 Å². The van der Waals surface area contributed by atoms with Crippen LogP contribution < -0.4 is 10.6 Å². The van der Waals surface area contributed by atoms with Gasteiger partial charge in [-0.15, -0.1) is 0 Å². The average molecular weight is 469 g/mol. The Morgan fingerprint density at radius 1 is 1.15 bits per heavy atom. The van der Waals surface area contributed by atoms with E-state index >= 15 is 0 Å². The van der Waals surface area contributed by atoms with Gasteiger partial charge in [-0.2, -0.15) is 13.2 Å². The summed E-state index contributed by atoms with van der Waals surface area (Å²) in [5, 5.41) is 11.2. The van der Waals surface area contributed by atoms with Crippen LogP contribution in [0, 0.1) is 13.8 Å². The van der Waals surface area contributed by atoms with Crippen LogP contribution >= 0.6 is 0 Å². The van der Waals surface area contributed by atoms with Crippen molar-refractivity contribution in [3.63, 3.8) is 0 Å². The zero-order valence-corrected chi connectivity index (χ0v) is 18.5. The lowest BCUT2D eigenvalue weighted by Crippen LogP contribution is -2.34. The van der Waals surface area contributed by atoms with Gasteiger partial charge in [0.2, 0.25) is 5.95 Å². The first-order valence-electron chi connectivity index (χ1n) is 11.2. The van der Waals surface area contributed by atoms with Crippen LogP contribution in [0.5, 0.6) is 0 Å². The van der Waals surface area contributed by atoms with Crippen molar-refractivity contribution in [2.24, 2.45) is 0 Å². The molecule has 2 aliphatic heterocycles. The average Bonchev–Trinajstić information content (AvgIpc) is 3.57. The number of pyridine rings is 1. The minimum Gasteiger partial charge on any atom is -0.361 e. The number of halogens is 3. The summed E-state index contributed by atoms with van der Waals surface area (Å²) in [7, 11) is 0. The Hall–Kier alpha value is -3.47. The quantitative estimate of drug-likeness (QED) is 0.401. The molecule has 0 aromatic carbocycles. The molecule has 2 aliphatic rings. The fourth-order valence-electron chi connectivity index (χ4n) is 5.20. The number of anilines is 1. The van der Waals surface area contributed by atoms with Gasteiger partial charge in [0.15, 0.2) is 0 Å². The summed E-state index contributed by atoms with van der Waals surface area (Å²) in [4.78, 5) is 15.9. The van der Waals surface area contributed by atoms with Crippen molar-refractivity contribution in [1.29, 1.82) is 0 Å². The van der Waals surface area contributed by atoms with Gasteiger partial charge >= 0.3 is 6.18 Å². The van der Waals surface area contributed by atoms with Crippen molar-refractivity contribution >= 4 is 17.0 Å². The summed E-state index contributed by atoms with van der Waals surface area (Å²) in [6.45, 7) is 3.60. The first kappa shape index (κ1) is 21.1. The van der Waals surface area contributed by atoms with Gasteiger partial charge in [-0.3, -0.25) is 0 Å².